The number of halogens is 3. The van der Waals surface area contributed by atoms with Crippen LogP contribution < -0.4 is 16.0 Å². The van der Waals surface area contributed by atoms with Crippen LogP contribution in [0.5, 0.6) is 5.75 Å². The van der Waals surface area contributed by atoms with Gasteiger partial charge in [-0.15, -0.1) is 0 Å². The van der Waals surface area contributed by atoms with E-state index in [9.17, 15) is 4.39 Å². The molecular formula is C27H30F3N7O2. The topological polar surface area (TPSA) is 126 Å². The van der Waals surface area contributed by atoms with Crippen molar-refractivity contribution in [2.24, 2.45) is 10.7 Å². The molecule has 0 aliphatic carbocycles. The van der Waals surface area contributed by atoms with Crippen molar-refractivity contribution in [1.29, 1.82) is 10.8 Å². The van der Waals surface area contributed by atoms with Crippen molar-refractivity contribution in [2.75, 3.05) is 46.5 Å². The number of hydrogen-bond donors (Lipinski definition) is 3. The van der Waals surface area contributed by atoms with Crippen molar-refractivity contribution in [3.8, 4) is 5.75 Å². The number of morpholine rings is 1. The predicted molar refractivity (Wildman–Crippen MR) is 143 cm³/mol. The van der Waals surface area contributed by atoms with Crippen molar-refractivity contribution in [3.05, 3.63) is 71.4 Å². The maximum atomic E-state index is 15.6. The fraction of sp³-hybridized carbons (Fsp3) is 0.333. The molecule has 0 unspecified atom stereocenters. The van der Waals surface area contributed by atoms with Crippen LogP contribution in [-0.2, 0) is 10.7 Å². The van der Waals surface area contributed by atoms with E-state index in [2.05, 4.69) is 14.9 Å². The first-order valence-electron chi connectivity index (χ1n) is 12.4. The van der Waals surface area contributed by atoms with Crippen LogP contribution in [0.25, 0.3) is 16.5 Å². The Bertz CT molecular complexity index is 1460. The van der Waals surface area contributed by atoms with E-state index in [1.54, 1.807) is 6.07 Å². The molecule has 4 N–H and O–H groups in total. The second-order valence-electron chi connectivity index (χ2n) is 8.96. The second kappa shape index (κ2) is 12.2. The minimum atomic E-state index is -3.86. The van der Waals surface area contributed by atoms with Gasteiger partial charge >= 0.3 is 5.92 Å². The van der Waals surface area contributed by atoms with Crippen molar-refractivity contribution < 1.29 is 22.6 Å². The smallest absolute Gasteiger partial charge is 0.329 e. The fourth-order valence-electron chi connectivity index (χ4n) is 4.22. The molecule has 1 fully saturated rings. The number of alkyl halides is 2. The Hall–Kier alpha value is -4.03. The Balaban J connectivity index is 1.55. The Morgan fingerprint density at radius 1 is 1.26 bits per heavy atom. The molecule has 39 heavy (non-hydrogen) atoms. The first-order valence-corrected chi connectivity index (χ1v) is 12.4. The van der Waals surface area contributed by atoms with E-state index < -0.39 is 28.6 Å². The van der Waals surface area contributed by atoms with Crippen molar-refractivity contribution in [1.82, 2.24) is 14.5 Å². The van der Waals surface area contributed by atoms with Crippen LogP contribution in [0.4, 0.5) is 13.2 Å². The highest BCUT2D eigenvalue weighted by atomic mass is 19.3. The van der Waals surface area contributed by atoms with Gasteiger partial charge < -0.3 is 15.2 Å². The van der Waals surface area contributed by atoms with Gasteiger partial charge in [0, 0.05) is 67.4 Å². The molecule has 1 aromatic carbocycles. The zero-order valence-electron chi connectivity index (χ0n) is 21.5. The second-order valence-corrected chi connectivity index (χ2v) is 8.96. The lowest BCUT2D eigenvalue weighted by atomic mass is 10.0. The zero-order valence-corrected chi connectivity index (χ0v) is 21.5. The number of nitrogens with zero attached hydrogens (tertiary/aromatic N) is 4. The quantitative estimate of drug-likeness (QED) is 0.218. The monoisotopic (exact) mass is 541 g/mol. The van der Waals surface area contributed by atoms with Crippen LogP contribution in [0.2, 0.25) is 0 Å². The number of hydrogen-bond acceptors (Lipinski definition) is 8. The highest BCUT2D eigenvalue weighted by molar-refractivity contribution is 6.09. The number of aromatic nitrogens is 2. The number of pyridine rings is 2. The van der Waals surface area contributed by atoms with E-state index in [1.165, 1.54) is 31.6 Å². The lowest BCUT2D eigenvalue weighted by Crippen LogP contribution is -2.39. The molecule has 0 amide bonds. The van der Waals surface area contributed by atoms with Gasteiger partial charge in [-0.3, -0.25) is 30.3 Å². The zero-order chi connectivity index (χ0) is 28.0. The van der Waals surface area contributed by atoms with Gasteiger partial charge in [0.15, 0.2) is 17.1 Å². The highest BCUT2D eigenvalue weighted by Crippen LogP contribution is 2.32. The maximum absolute atomic E-state index is 15.6. The van der Waals surface area contributed by atoms with Gasteiger partial charge in [0.25, 0.3) is 0 Å². The van der Waals surface area contributed by atoms with E-state index in [4.69, 9.17) is 26.0 Å². The molecule has 2 aromatic heterocycles. The van der Waals surface area contributed by atoms with Crippen LogP contribution in [0.1, 0.15) is 17.5 Å². The summed E-state index contributed by atoms with van der Waals surface area (Å²) >= 11 is 0. The van der Waals surface area contributed by atoms with Crippen LogP contribution >= 0.6 is 0 Å². The number of ether oxygens (including phenoxy) is 2. The first-order chi connectivity index (χ1) is 18.7. The maximum Gasteiger partial charge on any atom is 0.329 e. The summed E-state index contributed by atoms with van der Waals surface area (Å²) in [6, 6.07) is 6.40. The van der Waals surface area contributed by atoms with Crippen molar-refractivity contribution >= 4 is 28.5 Å². The van der Waals surface area contributed by atoms with Gasteiger partial charge in [-0.05, 0) is 30.7 Å². The minimum absolute atomic E-state index is 0.0928. The van der Waals surface area contributed by atoms with Crippen LogP contribution in [0.3, 0.4) is 0 Å². The summed E-state index contributed by atoms with van der Waals surface area (Å²) in [4.78, 5) is 10.4. The summed E-state index contributed by atoms with van der Waals surface area (Å²) in [6.07, 6.45) is 5.85. The Morgan fingerprint density at radius 2 is 2.03 bits per heavy atom. The van der Waals surface area contributed by atoms with Crippen molar-refractivity contribution in [2.45, 2.75) is 12.3 Å². The summed E-state index contributed by atoms with van der Waals surface area (Å²) in [5.74, 6) is -5.80. The lowest BCUT2D eigenvalue weighted by molar-refractivity contribution is 0.0358. The van der Waals surface area contributed by atoms with Crippen LogP contribution in [0.15, 0.2) is 53.9 Å². The molecular weight excluding hydrogens is 511 g/mol. The van der Waals surface area contributed by atoms with E-state index in [1.807, 2.05) is 0 Å². The fourth-order valence-corrected chi connectivity index (χ4v) is 4.22. The molecule has 4 rings (SSSR count). The number of fused-ring (bicyclic) bond motifs is 1. The van der Waals surface area contributed by atoms with E-state index >= 15 is 8.78 Å². The standard InChI is InChI=1S/C27H30F3N7O2/c1-34-15-20(14-31)19-13-23(28)25(32)37(17-19)26(33)27(29,30)21-3-4-24-18(11-21)12-22(16-35-24)39-8-2-5-36-6-9-38-10-7-36/h3-4,11-17,32-33H,2,5-10,31H2,1H3. The molecule has 3 aromatic rings. The third kappa shape index (κ3) is 6.35. The predicted octanol–water partition coefficient (Wildman–Crippen LogP) is 3.37. The molecule has 0 atom stereocenters. The van der Waals surface area contributed by atoms with Gasteiger partial charge in [-0.2, -0.15) is 8.78 Å². The highest BCUT2D eigenvalue weighted by Gasteiger charge is 2.39. The molecule has 0 bridgehead atoms. The number of nitrogens with one attached hydrogen (secondary N) is 2. The molecule has 0 spiro atoms. The number of nitrogens with two attached hydrogens (primary N) is 1. The molecule has 9 nitrogen and oxygen atoms in total. The number of benzene rings is 1. The Morgan fingerprint density at radius 3 is 2.74 bits per heavy atom. The average molecular weight is 542 g/mol. The SMILES string of the molecule is CN=CC(=CN)c1cc(F)c(=N)n(C(=N)C(F)(F)c2ccc3ncc(OCCCN4CCOCC4)cc3c2)c1. The Labute approximate surface area is 223 Å². The number of aliphatic imine (C=N–C) groups is 1. The molecule has 1 aliphatic rings. The normalized spacial score (nSPS) is 15.2. The van der Waals surface area contributed by atoms with Gasteiger partial charge in [0.1, 0.15) is 5.75 Å². The molecule has 0 radical (unpaired) electrons. The number of allylic oxidation sites excluding steroid dienone is 1. The van der Waals surface area contributed by atoms with E-state index in [0.29, 0.717) is 27.8 Å². The minimum Gasteiger partial charge on any atom is -0.492 e. The molecule has 1 saturated heterocycles. The molecule has 12 heteroatoms. The summed E-state index contributed by atoms with van der Waals surface area (Å²) in [5, 5.41) is 16.6. The lowest BCUT2D eigenvalue weighted by Gasteiger charge is -2.26. The van der Waals surface area contributed by atoms with Gasteiger partial charge in [-0.1, -0.05) is 6.07 Å². The summed E-state index contributed by atoms with van der Waals surface area (Å²) < 4.78 is 57.3. The Kier molecular flexibility index (Phi) is 8.77. The van der Waals surface area contributed by atoms with Crippen molar-refractivity contribution in [3.63, 3.8) is 0 Å². The van der Waals surface area contributed by atoms with E-state index in [0.717, 1.165) is 63.8 Å². The van der Waals surface area contributed by atoms with Gasteiger partial charge in [0.2, 0.25) is 0 Å². The van der Waals surface area contributed by atoms with Gasteiger partial charge in [-0.25, -0.2) is 4.39 Å². The summed E-state index contributed by atoms with van der Waals surface area (Å²) in [7, 11) is 1.47. The van der Waals surface area contributed by atoms with Crippen LogP contribution in [0, 0.1) is 16.6 Å². The molecule has 0 saturated carbocycles. The first kappa shape index (κ1) is 28.0. The third-order valence-corrected chi connectivity index (χ3v) is 6.35. The van der Waals surface area contributed by atoms with Crippen LogP contribution in [-0.4, -0.2) is 73.0 Å². The average Bonchev–Trinajstić information content (AvgIpc) is 2.95. The van der Waals surface area contributed by atoms with Gasteiger partial charge in [0.05, 0.1) is 31.5 Å². The number of rotatable bonds is 9. The molecule has 3 heterocycles. The molecule has 1 aliphatic heterocycles. The summed E-state index contributed by atoms with van der Waals surface area (Å²) in [5.41, 5.74) is 4.98. The molecule has 206 valence electrons. The summed E-state index contributed by atoms with van der Waals surface area (Å²) in [6.45, 7) is 4.53. The van der Waals surface area contributed by atoms with E-state index in [-0.39, 0.29) is 11.1 Å². The largest absolute Gasteiger partial charge is 0.492 e. The third-order valence-electron chi connectivity index (χ3n) is 6.35.